The maximum absolute atomic E-state index is 12.7. The number of amides is 2. The standard InChI is InChI=1S/C33H29N3O5/c1-3-40-30-20-25(15-17-29(30)41-31(37)18-16-24-10-5-4-6-11-24)22-34-36-33(39)27-13-8-14-28(21-27)35-32(38)26-12-7-9-23(2)19-26/h4-22H,3H2,1-2H3,(H,35,38)(H,36,39)/b18-16+,34-22?. The average molecular weight is 548 g/mol. The lowest BCUT2D eigenvalue weighted by Gasteiger charge is -2.10. The van der Waals surface area contributed by atoms with Crippen molar-refractivity contribution in [2.45, 2.75) is 13.8 Å². The Morgan fingerprint density at radius 1 is 0.780 bits per heavy atom. The van der Waals surface area contributed by atoms with E-state index in [4.69, 9.17) is 9.47 Å². The summed E-state index contributed by atoms with van der Waals surface area (Å²) in [7, 11) is 0. The zero-order chi connectivity index (χ0) is 29.0. The molecule has 0 fully saturated rings. The highest BCUT2D eigenvalue weighted by Crippen LogP contribution is 2.28. The van der Waals surface area contributed by atoms with Crippen molar-refractivity contribution in [2.75, 3.05) is 11.9 Å². The quantitative estimate of drug-likeness (QED) is 0.0829. The van der Waals surface area contributed by atoms with Crippen molar-refractivity contribution in [3.05, 3.63) is 131 Å². The molecule has 8 nitrogen and oxygen atoms in total. The molecule has 0 aliphatic rings. The van der Waals surface area contributed by atoms with Crippen molar-refractivity contribution in [2.24, 2.45) is 5.10 Å². The maximum Gasteiger partial charge on any atom is 0.336 e. The van der Waals surface area contributed by atoms with E-state index in [1.807, 2.05) is 56.3 Å². The molecule has 4 aromatic carbocycles. The minimum atomic E-state index is -0.541. The Morgan fingerprint density at radius 3 is 2.29 bits per heavy atom. The molecular formula is C33H29N3O5. The van der Waals surface area contributed by atoms with Crippen LogP contribution in [0.15, 0.2) is 108 Å². The SMILES string of the molecule is CCOc1cc(C=NNC(=O)c2cccc(NC(=O)c3cccc(C)c3)c2)ccc1OC(=O)/C=C/c1ccccc1. The van der Waals surface area contributed by atoms with E-state index >= 15 is 0 Å². The molecule has 0 spiro atoms. The van der Waals surface area contributed by atoms with Crippen LogP contribution in [0.3, 0.4) is 0 Å². The third kappa shape index (κ3) is 8.49. The van der Waals surface area contributed by atoms with Gasteiger partial charge in [-0.1, -0.05) is 54.1 Å². The number of hydrogen-bond acceptors (Lipinski definition) is 6. The third-order valence-electron chi connectivity index (χ3n) is 5.73. The molecule has 0 saturated heterocycles. The highest BCUT2D eigenvalue weighted by Gasteiger charge is 2.11. The number of rotatable bonds is 10. The lowest BCUT2D eigenvalue weighted by Crippen LogP contribution is -2.18. The normalized spacial score (nSPS) is 10.9. The molecule has 0 saturated carbocycles. The Hall–Kier alpha value is -5.50. The first-order chi connectivity index (χ1) is 19.9. The predicted molar refractivity (Wildman–Crippen MR) is 159 cm³/mol. The molecule has 206 valence electrons. The van der Waals surface area contributed by atoms with Gasteiger partial charge in [0, 0.05) is 22.9 Å². The van der Waals surface area contributed by atoms with Crippen molar-refractivity contribution >= 4 is 35.8 Å². The molecule has 0 aromatic heterocycles. The number of anilines is 1. The molecule has 0 bridgehead atoms. The molecule has 4 rings (SSSR count). The summed E-state index contributed by atoms with van der Waals surface area (Å²) in [5.41, 5.74) is 6.29. The minimum absolute atomic E-state index is 0.264. The van der Waals surface area contributed by atoms with Crippen molar-refractivity contribution in [1.29, 1.82) is 0 Å². The molecule has 0 radical (unpaired) electrons. The number of benzene rings is 4. The second-order valence-corrected chi connectivity index (χ2v) is 8.91. The van der Waals surface area contributed by atoms with Crippen LogP contribution in [-0.4, -0.2) is 30.6 Å². The van der Waals surface area contributed by atoms with Crippen molar-refractivity contribution in [3.63, 3.8) is 0 Å². The fourth-order valence-electron chi connectivity index (χ4n) is 3.79. The van der Waals surface area contributed by atoms with Crippen molar-refractivity contribution in [3.8, 4) is 11.5 Å². The van der Waals surface area contributed by atoms with Crippen LogP contribution >= 0.6 is 0 Å². The number of hydrogen-bond donors (Lipinski definition) is 2. The summed E-state index contributed by atoms with van der Waals surface area (Å²) in [4.78, 5) is 37.5. The summed E-state index contributed by atoms with van der Waals surface area (Å²) in [5, 5.41) is 6.84. The second kappa shape index (κ2) is 14.0. The van der Waals surface area contributed by atoms with Crippen LogP contribution in [-0.2, 0) is 4.79 Å². The summed E-state index contributed by atoms with van der Waals surface area (Å²) < 4.78 is 11.1. The molecule has 0 heterocycles. The minimum Gasteiger partial charge on any atom is -0.490 e. The Labute approximate surface area is 238 Å². The van der Waals surface area contributed by atoms with E-state index in [1.165, 1.54) is 12.3 Å². The smallest absolute Gasteiger partial charge is 0.336 e. The summed E-state index contributed by atoms with van der Waals surface area (Å²) in [6.07, 6.45) is 4.46. The summed E-state index contributed by atoms with van der Waals surface area (Å²) in [6, 6.07) is 28.2. The second-order valence-electron chi connectivity index (χ2n) is 8.91. The van der Waals surface area contributed by atoms with Crippen LogP contribution in [0.2, 0.25) is 0 Å². The van der Waals surface area contributed by atoms with Crippen molar-refractivity contribution in [1.82, 2.24) is 5.43 Å². The number of aryl methyl sites for hydroxylation is 1. The number of hydrazone groups is 1. The van der Waals surface area contributed by atoms with Gasteiger partial charge in [-0.05, 0) is 79.6 Å². The van der Waals surface area contributed by atoms with E-state index in [1.54, 1.807) is 60.7 Å². The summed E-state index contributed by atoms with van der Waals surface area (Å²) in [6.45, 7) is 4.09. The van der Waals surface area contributed by atoms with E-state index in [-0.39, 0.29) is 11.7 Å². The van der Waals surface area contributed by atoms with Gasteiger partial charge >= 0.3 is 5.97 Å². The number of ether oxygens (including phenoxy) is 2. The van der Waals surface area contributed by atoms with Gasteiger partial charge < -0.3 is 14.8 Å². The van der Waals surface area contributed by atoms with Crippen LogP contribution in [0.4, 0.5) is 5.69 Å². The number of carbonyl (C=O) groups excluding carboxylic acids is 3. The maximum atomic E-state index is 12.7. The molecule has 2 amide bonds. The van der Waals surface area contributed by atoms with Gasteiger partial charge in [-0.3, -0.25) is 9.59 Å². The molecule has 41 heavy (non-hydrogen) atoms. The Balaban J connectivity index is 1.37. The molecule has 0 aliphatic carbocycles. The molecule has 4 aromatic rings. The van der Waals surface area contributed by atoms with E-state index in [0.29, 0.717) is 34.7 Å². The molecule has 0 unspecified atom stereocenters. The molecule has 8 heteroatoms. The zero-order valence-electron chi connectivity index (χ0n) is 22.7. The predicted octanol–water partition coefficient (Wildman–Crippen LogP) is 6.03. The molecule has 2 N–H and O–H groups in total. The van der Waals surface area contributed by atoms with Gasteiger partial charge in [0.15, 0.2) is 11.5 Å². The molecular weight excluding hydrogens is 518 g/mol. The largest absolute Gasteiger partial charge is 0.490 e. The van der Waals surface area contributed by atoms with Gasteiger partial charge in [0.05, 0.1) is 12.8 Å². The Bertz CT molecular complexity index is 1600. The van der Waals surface area contributed by atoms with Crippen LogP contribution in [0, 0.1) is 6.92 Å². The topological polar surface area (TPSA) is 106 Å². The van der Waals surface area contributed by atoms with Gasteiger partial charge in [0.1, 0.15) is 0 Å². The highest BCUT2D eigenvalue weighted by molar-refractivity contribution is 6.05. The fourth-order valence-corrected chi connectivity index (χ4v) is 3.79. The number of carbonyl (C=O) groups is 3. The van der Waals surface area contributed by atoms with Gasteiger partial charge in [0.25, 0.3) is 11.8 Å². The van der Waals surface area contributed by atoms with Crippen LogP contribution in [0.1, 0.15) is 44.3 Å². The van der Waals surface area contributed by atoms with E-state index in [0.717, 1.165) is 11.1 Å². The summed E-state index contributed by atoms with van der Waals surface area (Å²) in [5.74, 6) is -0.633. The van der Waals surface area contributed by atoms with Crippen molar-refractivity contribution < 1.29 is 23.9 Å². The fraction of sp³-hybridized carbons (Fsp3) is 0.0909. The molecule has 0 aliphatic heterocycles. The number of nitrogens with zero attached hydrogens (tertiary/aromatic N) is 1. The van der Waals surface area contributed by atoms with Crippen LogP contribution < -0.4 is 20.2 Å². The van der Waals surface area contributed by atoms with E-state index in [2.05, 4.69) is 15.8 Å². The van der Waals surface area contributed by atoms with Crippen LogP contribution in [0.25, 0.3) is 6.08 Å². The van der Waals surface area contributed by atoms with E-state index < -0.39 is 11.9 Å². The van der Waals surface area contributed by atoms with Gasteiger partial charge in [-0.25, -0.2) is 10.2 Å². The monoisotopic (exact) mass is 547 g/mol. The van der Waals surface area contributed by atoms with Gasteiger partial charge in [0.2, 0.25) is 0 Å². The first-order valence-electron chi connectivity index (χ1n) is 12.9. The Morgan fingerprint density at radius 2 is 1.54 bits per heavy atom. The third-order valence-corrected chi connectivity index (χ3v) is 5.73. The number of esters is 1. The van der Waals surface area contributed by atoms with Crippen LogP contribution in [0.5, 0.6) is 11.5 Å². The van der Waals surface area contributed by atoms with Gasteiger partial charge in [-0.2, -0.15) is 5.10 Å². The lowest BCUT2D eigenvalue weighted by molar-refractivity contribution is -0.129. The average Bonchev–Trinajstić information content (AvgIpc) is 2.98. The first kappa shape index (κ1) is 28.5. The molecule has 0 atom stereocenters. The van der Waals surface area contributed by atoms with E-state index in [9.17, 15) is 14.4 Å². The Kier molecular flexibility index (Phi) is 9.77. The zero-order valence-corrected chi connectivity index (χ0v) is 22.7. The van der Waals surface area contributed by atoms with Gasteiger partial charge in [-0.15, -0.1) is 0 Å². The lowest BCUT2D eigenvalue weighted by atomic mass is 10.1. The number of nitrogens with one attached hydrogen (secondary N) is 2. The summed E-state index contributed by atoms with van der Waals surface area (Å²) >= 11 is 0. The highest BCUT2D eigenvalue weighted by atomic mass is 16.6. The first-order valence-corrected chi connectivity index (χ1v) is 12.9.